The predicted molar refractivity (Wildman–Crippen MR) is 96.6 cm³/mol. The Balaban J connectivity index is 1.40. The fourth-order valence-corrected chi connectivity index (χ4v) is 3.33. The van der Waals surface area contributed by atoms with Gasteiger partial charge in [0.2, 0.25) is 5.91 Å². The lowest BCUT2D eigenvalue weighted by Gasteiger charge is -2.07. The summed E-state index contributed by atoms with van der Waals surface area (Å²) in [5.74, 6) is -1.72. The van der Waals surface area contributed by atoms with Gasteiger partial charge in [0.1, 0.15) is 0 Å². The van der Waals surface area contributed by atoms with Gasteiger partial charge in [0.15, 0.2) is 11.6 Å². The average Bonchev–Trinajstić information content (AvgIpc) is 3.03. The first-order chi connectivity index (χ1) is 12.1. The summed E-state index contributed by atoms with van der Waals surface area (Å²) in [5, 5.41) is 4.05. The minimum absolute atomic E-state index is 0.118. The molecule has 1 heterocycles. The molecule has 0 spiro atoms. The summed E-state index contributed by atoms with van der Waals surface area (Å²) in [6, 6.07) is 13.9. The summed E-state index contributed by atoms with van der Waals surface area (Å²) in [4.78, 5) is 12.4. The molecule has 2 aromatic carbocycles. The van der Waals surface area contributed by atoms with Crippen molar-refractivity contribution in [1.29, 1.82) is 0 Å². The van der Waals surface area contributed by atoms with Gasteiger partial charge in [0, 0.05) is 29.7 Å². The van der Waals surface area contributed by atoms with E-state index in [0.29, 0.717) is 11.4 Å². The zero-order valence-corrected chi connectivity index (χ0v) is 14.4. The van der Waals surface area contributed by atoms with Crippen LogP contribution in [0.4, 0.5) is 8.78 Å². The third-order valence-electron chi connectivity index (χ3n) is 3.84. The van der Waals surface area contributed by atoms with Crippen molar-refractivity contribution >= 4 is 28.6 Å². The van der Waals surface area contributed by atoms with Gasteiger partial charge >= 0.3 is 0 Å². The third kappa shape index (κ3) is 4.60. The summed E-state index contributed by atoms with van der Waals surface area (Å²) in [6.45, 7) is 1.40. The van der Waals surface area contributed by atoms with E-state index in [4.69, 9.17) is 0 Å². The van der Waals surface area contributed by atoms with Crippen molar-refractivity contribution in [1.82, 2.24) is 9.88 Å². The van der Waals surface area contributed by atoms with E-state index in [1.165, 1.54) is 28.7 Å². The second-order valence-corrected chi connectivity index (χ2v) is 6.68. The van der Waals surface area contributed by atoms with Gasteiger partial charge in [0.25, 0.3) is 0 Å². The van der Waals surface area contributed by atoms with Crippen molar-refractivity contribution in [3.63, 3.8) is 0 Å². The van der Waals surface area contributed by atoms with Crippen LogP contribution >= 0.6 is 11.8 Å². The quantitative estimate of drug-likeness (QED) is 0.506. The van der Waals surface area contributed by atoms with Crippen molar-refractivity contribution in [2.75, 3.05) is 12.3 Å². The minimum atomic E-state index is -0.899. The zero-order chi connectivity index (χ0) is 17.6. The van der Waals surface area contributed by atoms with E-state index in [1.54, 1.807) is 0 Å². The molecule has 0 unspecified atom stereocenters. The van der Waals surface area contributed by atoms with Gasteiger partial charge in [-0.25, -0.2) is 8.78 Å². The summed E-state index contributed by atoms with van der Waals surface area (Å²) in [5.41, 5.74) is 1.18. The van der Waals surface area contributed by atoms with Crippen molar-refractivity contribution in [3.05, 3.63) is 66.4 Å². The molecular weight excluding hydrogens is 342 g/mol. The number of para-hydroxylation sites is 1. The molecule has 0 atom stereocenters. The van der Waals surface area contributed by atoms with E-state index in [1.807, 2.05) is 18.3 Å². The van der Waals surface area contributed by atoms with Gasteiger partial charge in [-0.05, 0) is 42.1 Å². The highest BCUT2D eigenvalue weighted by Gasteiger charge is 2.06. The fourth-order valence-electron chi connectivity index (χ4n) is 2.58. The van der Waals surface area contributed by atoms with Gasteiger partial charge in [0.05, 0.1) is 5.75 Å². The van der Waals surface area contributed by atoms with Crippen LogP contribution < -0.4 is 5.32 Å². The molecule has 1 aromatic heterocycles. The Hall–Kier alpha value is -2.34. The maximum absolute atomic E-state index is 13.1. The number of halogens is 2. The van der Waals surface area contributed by atoms with Crippen LogP contribution in [-0.2, 0) is 11.3 Å². The molecule has 0 saturated carbocycles. The fraction of sp³-hybridized carbons (Fsp3) is 0.211. The maximum atomic E-state index is 13.1. The Morgan fingerprint density at radius 3 is 2.76 bits per heavy atom. The van der Waals surface area contributed by atoms with Crippen LogP contribution in [-0.4, -0.2) is 22.8 Å². The molecule has 1 N–H and O–H groups in total. The second kappa shape index (κ2) is 8.16. The molecule has 130 valence electrons. The minimum Gasteiger partial charge on any atom is -0.355 e. The van der Waals surface area contributed by atoms with E-state index < -0.39 is 11.6 Å². The number of fused-ring (bicyclic) bond motifs is 1. The van der Waals surface area contributed by atoms with E-state index in [2.05, 4.69) is 28.1 Å². The molecule has 0 fully saturated rings. The monoisotopic (exact) mass is 360 g/mol. The van der Waals surface area contributed by atoms with Crippen LogP contribution in [0.5, 0.6) is 0 Å². The lowest BCUT2D eigenvalue weighted by Crippen LogP contribution is -2.26. The number of hydrogen-bond acceptors (Lipinski definition) is 2. The van der Waals surface area contributed by atoms with Gasteiger partial charge in [-0.2, -0.15) is 0 Å². The van der Waals surface area contributed by atoms with E-state index in [9.17, 15) is 13.6 Å². The number of rotatable bonds is 7. The van der Waals surface area contributed by atoms with E-state index in [0.717, 1.165) is 25.1 Å². The number of nitrogens with one attached hydrogen (secondary N) is 1. The first-order valence-electron chi connectivity index (χ1n) is 8.02. The van der Waals surface area contributed by atoms with Gasteiger partial charge in [-0.15, -0.1) is 11.8 Å². The lowest BCUT2D eigenvalue weighted by molar-refractivity contribution is -0.118. The smallest absolute Gasteiger partial charge is 0.230 e. The molecule has 3 aromatic rings. The van der Waals surface area contributed by atoms with Crippen LogP contribution in [0, 0.1) is 11.6 Å². The molecule has 0 aliphatic heterocycles. The Labute approximate surface area is 149 Å². The molecule has 0 aliphatic rings. The number of thioether (sulfide) groups is 1. The molecular formula is C19H18F2N2OS. The number of carbonyl (C=O) groups is 1. The second-order valence-electron chi connectivity index (χ2n) is 5.64. The highest BCUT2D eigenvalue weighted by Crippen LogP contribution is 2.20. The molecule has 3 nitrogen and oxygen atoms in total. The molecule has 0 saturated heterocycles. The van der Waals surface area contributed by atoms with Gasteiger partial charge in [-0.3, -0.25) is 4.79 Å². The lowest BCUT2D eigenvalue weighted by atomic mass is 10.2. The van der Waals surface area contributed by atoms with E-state index >= 15 is 0 Å². The predicted octanol–water partition coefficient (Wildman–Crippen LogP) is 4.22. The van der Waals surface area contributed by atoms with Crippen LogP contribution in [0.15, 0.2) is 59.6 Å². The number of nitrogens with zero attached hydrogens (tertiary/aromatic N) is 1. The average molecular weight is 360 g/mol. The maximum Gasteiger partial charge on any atom is 0.230 e. The van der Waals surface area contributed by atoms with Crippen molar-refractivity contribution in [2.45, 2.75) is 17.9 Å². The first kappa shape index (κ1) is 17.5. The highest BCUT2D eigenvalue weighted by molar-refractivity contribution is 8.00. The van der Waals surface area contributed by atoms with Crippen molar-refractivity contribution < 1.29 is 13.6 Å². The highest BCUT2D eigenvalue weighted by atomic mass is 32.2. The summed E-state index contributed by atoms with van der Waals surface area (Å²) in [7, 11) is 0. The van der Waals surface area contributed by atoms with Crippen LogP contribution in [0.1, 0.15) is 6.42 Å². The number of benzene rings is 2. The van der Waals surface area contributed by atoms with Gasteiger partial charge in [-0.1, -0.05) is 18.2 Å². The van der Waals surface area contributed by atoms with Crippen LogP contribution in [0.2, 0.25) is 0 Å². The molecule has 6 heteroatoms. The molecule has 25 heavy (non-hydrogen) atoms. The van der Waals surface area contributed by atoms with Crippen molar-refractivity contribution in [2.24, 2.45) is 0 Å². The van der Waals surface area contributed by atoms with Crippen LogP contribution in [0.25, 0.3) is 10.9 Å². The Kier molecular flexibility index (Phi) is 5.71. The third-order valence-corrected chi connectivity index (χ3v) is 4.83. The van der Waals surface area contributed by atoms with E-state index in [-0.39, 0.29) is 11.7 Å². The molecule has 0 bridgehead atoms. The summed E-state index contributed by atoms with van der Waals surface area (Å²) < 4.78 is 28.1. The molecule has 1 amide bonds. The molecule has 0 aliphatic carbocycles. The van der Waals surface area contributed by atoms with Gasteiger partial charge < -0.3 is 9.88 Å². The number of carbonyl (C=O) groups excluding carboxylic acids is 1. The van der Waals surface area contributed by atoms with Crippen molar-refractivity contribution in [3.8, 4) is 0 Å². The SMILES string of the molecule is O=C(CSc1ccc(F)c(F)c1)NCCCn1ccc2ccccc21. The Bertz CT molecular complexity index is 879. The first-order valence-corrected chi connectivity index (χ1v) is 9.00. The molecule has 0 radical (unpaired) electrons. The normalized spacial score (nSPS) is 11.0. The topological polar surface area (TPSA) is 34.0 Å². The Morgan fingerprint density at radius 1 is 1.08 bits per heavy atom. The standard InChI is InChI=1S/C19H18F2N2OS/c20-16-7-6-15(12-17(16)21)25-13-19(24)22-9-3-10-23-11-8-14-4-1-2-5-18(14)23/h1-2,4-8,11-12H,3,9-10,13H2,(H,22,24). The Morgan fingerprint density at radius 2 is 1.92 bits per heavy atom. The van der Waals surface area contributed by atoms with Crippen LogP contribution in [0.3, 0.4) is 0 Å². The number of hydrogen-bond donors (Lipinski definition) is 1. The molecule has 3 rings (SSSR count). The zero-order valence-electron chi connectivity index (χ0n) is 13.5. The largest absolute Gasteiger partial charge is 0.355 e. The number of aryl methyl sites for hydroxylation is 1. The number of amides is 1. The number of aromatic nitrogens is 1. The summed E-state index contributed by atoms with van der Waals surface area (Å²) >= 11 is 1.19. The summed E-state index contributed by atoms with van der Waals surface area (Å²) in [6.07, 6.45) is 2.87.